The number of carbonyl (C=O) groups is 3. The van der Waals surface area contributed by atoms with Gasteiger partial charge in [0.2, 0.25) is 5.91 Å². The van der Waals surface area contributed by atoms with Gasteiger partial charge in [-0.05, 0) is 60.6 Å². The Kier molecular flexibility index (Phi) is 4.30. The minimum absolute atomic E-state index is 0.0211. The first-order valence-electron chi connectivity index (χ1n) is 10.2. The molecular weight excluding hydrogens is 373 g/mol. The molecule has 0 aromatic heterocycles. The van der Waals surface area contributed by atoms with E-state index < -0.39 is 23.3 Å². The number of rotatable bonds is 4. The fourth-order valence-electron chi connectivity index (χ4n) is 5.63. The summed E-state index contributed by atoms with van der Waals surface area (Å²) in [7, 11) is 0. The van der Waals surface area contributed by atoms with Crippen LogP contribution in [0.4, 0.5) is 9.18 Å². The molecule has 1 aromatic rings. The molecule has 0 radical (unpaired) electrons. The lowest BCUT2D eigenvalue weighted by Crippen LogP contribution is -2.50. The highest BCUT2D eigenvalue weighted by Crippen LogP contribution is 2.65. The average molecular weight is 401 g/mol. The molecule has 29 heavy (non-hydrogen) atoms. The Morgan fingerprint density at radius 2 is 1.86 bits per heavy atom. The van der Waals surface area contributed by atoms with E-state index in [1.54, 1.807) is 6.92 Å². The van der Waals surface area contributed by atoms with E-state index in [1.165, 1.54) is 30.7 Å². The third-order valence-corrected chi connectivity index (χ3v) is 8.13. The summed E-state index contributed by atoms with van der Waals surface area (Å²) in [5.41, 5.74) is -0.659. The predicted molar refractivity (Wildman–Crippen MR) is 105 cm³/mol. The Morgan fingerprint density at radius 1 is 1.21 bits per heavy atom. The number of benzene rings is 1. The molecule has 3 aliphatic rings. The lowest BCUT2D eigenvalue weighted by Gasteiger charge is -2.39. The molecule has 4 rings (SSSR count). The average Bonchev–Trinajstić information content (AvgIpc) is 3.09. The second-order valence-corrected chi connectivity index (χ2v) is 9.68. The van der Waals surface area contributed by atoms with Crippen LogP contribution in [0, 0.1) is 22.6 Å². The number of hydrogen-bond acceptors (Lipinski definition) is 3. The molecule has 4 atom stereocenters. The summed E-state index contributed by atoms with van der Waals surface area (Å²) in [6, 6.07) is 4.86. The van der Waals surface area contributed by atoms with Crippen molar-refractivity contribution in [1.29, 1.82) is 0 Å². The molecule has 1 saturated heterocycles. The molecule has 4 amide bonds. The molecule has 1 aromatic carbocycles. The molecule has 2 aliphatic carbocycles. The highest BCUT2D eigenvalue weighted by molar-refractivity contribution is 6.09. The summed E-state index contributed by atoms with van der Waals surface area (Å²) >= 11 is 0. The number of nitrogens with zero attached hydrogens (tertiary/aromatic N) is 1. The molecule has 7 heteroatoms. The van der Waals surface area contributed by atoms with Crippen molar-refractivity contribution in [1.82, 2.24) is 15.5 Å². The van der Waals surface area contributed by atoms with Crippen LogP contribution in [0.25, 0.3) is 0 Å². The number of halogens is 1. The highest BCUT2D eigenvalue weighted by atomic mass is 19.1. The van der Waals surface area contributed by atoms with E-state index >= 15 is 0 Å². The van der Waals surface area contributed by atoms with Crippen LogP contribution >= 0.6 is 0 Å². The quantitative estimate of drug-likeness (QED) is 0.762. The third kappa shape index (κ3) is 2.77. The first-order valence-corrected chi connectivity index (χ1v) is 10.2. The van der Waals surface area contributed by atoms with Gasteiger partial charge in [0.15, 0.2) is 0 Å². The van der Waals surface area contributed by atoms with Gasteiger partial charge in [-0.25, -0.2) is 9.18 Å². The normalized spacial score (nSPS) is 35.1. The molecule has 2 N–H and O–H groups in total. The SMILES string of the molecule is CC1(C)[C@@H]2CC[C@]1(C)[C@@H](NC(=O)CN1C(=O)N[C@@](C)(c3ccc(F)cc3)C1=O)C2. The van der Waals surface area contributed by atoms with Gasteiger partial charge in [-0.3, -0.25) is 14.5 Å². The number of urea groups is 1. The fourth-order valence-corrected chi connectivity index (χ4v) is 5.63. The number of carbonyl (C=O) groups excluding carboxylic acids is 3. The van der Waals surface area contributed by atoms with Gasteiger partial charge in [0.25, 0.3) is 5.91 Å². The Labute approximate surface area is 170 Å². The maximum atomic E-state index is 13.2. The molecule has 1 heterocycles. The zero-order valence-corrected chi connectivity index (χ0v) is 17.3. The smallest absolute Gasteiger partial charge is 0.325 e. The van der Waals surface area contributed by atoms with Gasteiger partial charge in [0, 0.05) is 6.04 Å². The predicted octanol–water partition coefficient (Wildman–Crippen LogP) is 2.92. The molecule has 2 bridgehead atoms. The van der Waals surface area contributed by atoms with Crippen molar-refractivity contribution in [3.63, 3.8) is 0 Å². The maximum absolute atomic E-state index is 13.2. The summed E-state index contributed by atoms with van der Waals surface area (Å²) in [6.07, 6.45) is 3.18. The molecular formula is C22H28FN3O3. The van der Waals surface area contributed by atoms with Gasteiger partial charge < -0.3 is 10.6 Å². The van der Waals surface area contributed by atoms with Crippen molar-refractivity contribution >= 4 is 17.8 Å². The molecule has 0 unspecified atom stereocenters. The molecule has 0 spiro atoms. The van der Waals surface area contributed by atoms with Gasteiger partial charge in [-0.2, -0.15) is 0 Å². The summed E-state index contributed by atoms with van der Waals surface area (Å²) in [4.78, 5) is 39.1. The molecule has 2 saturated carbocycles. The maximum Gasteiger partial charge on any atom is 0.325 e. The van der Waals surface area contributed by atoms with Crippen LogP contribution in [-0.2, 0) is 15.1 Å². The highest BCUT2D eigenvalue weighted by Gasteiger charge is 2.61. The number of fused-ring (bicyclic) bond motifs is 2. The topological polar surface area (TPSA) is 78.5 Å². The van der Waals surface area contributed by atoms with Crippen molar-refractivity contribution in [3.8, 4) is 0 Å². The third-order valence-electron chi connectivity index (χ3n) is 8.13. The summed E-state index contributed by atoms with van der Waals surface area (Å²) < 4.78 is 13.2. The minimum atomic E-state index is -1.31. The van der Waals surface area contributed by atoms with Gasteiger partial charge in [-0.15, -0.1) is 0 Å². The van der Waals surface area contributed by atoms with E-state index in [-0.39, 0.29) is 29.3 Å². The van der Waals surface area contributed by atoms with E-state index in [9.17, 15) is 18.8 Å². The van der Waals surface area contributed by atoms with Crippen LogP contribution in [0.5, 0.6) is 0 Å². The van der Waals surface area contributed by atoms with E-state index in [4.69, 9.17) is 0 Å². The van der Waals surface area contributed by atoms with Crippen LogP contribution in [0.1, 0.15) is 52.5 Å². The van der Waals surface area contributed by atoms with E-state index in [0.29, 0.717) is 11.5 Å². The summed E-state index contributed by atoms with van der Waals surface area (Å²) in [5, 5.41) is 5.73. The van der Waals surface area contributed by atoms with Crippen molar-refractivity contribution < 1.29 is 18.8 Å². The van der Waals surface area contributed by atoms with Crippen molar-refractivity contribution in [2.45, 2.75) is 58.5 Å². The van der Waals surface area contributed by atoms with Crippen LogP contribution in [0.3, 0.4) is 0 Å². The Hall–Kier alpha value is -2.44. The Balaban J connectivity index is 1.46. The minimum Gasteiger partial charge on any atom is -0.351 e. The van der Waals surface area contributed by atoms with Crippen LogP contribution in [0.2, 0.25) is 0 Å². The van der Waals surface area contributed by atoms with E-state index in [0.717, 1.165) is 17.7 Å². The van der Waals surface area contributed by atoms with E-state index in [1.807, 2.05) is 0 Å². The summed E-state index contributed by atoms with van der Waals surface area (Å²) in [6.45, 7) is 8.01. The Morgan fingerprint density at radius 3 is 2.41 bits per heavy atom. The van der Waals surface area contributed by atoms with Gasteiger partial charge in [-0.1, -0.05) is 32.9 Å². The lowest BCUT2D eigenvalue weighted by atomic mass is 9.69. The van der Waals surface area contributed by atoms with Crippen LogP contribution < -0.4 is 10.6 Å². The molecule has 3 fully saturated rings. The first-order chi connectivity index (χ1) is 13.5. The largest absolute Gasteiger partial charge is 0.351 e. The van der Waals surface area contributed by atoms with E-state index in [2.05, 4.69) is 31.4 Å². The number of hydrogen-bond donors (Lipinski definition) is 2. The molecule has 156 valence electrons. The fraction of sp³-hybridized carbons (Fsp3) is 0.591. The zero-order chi connectivity index (χ0) is 21.2. The molecule has 6 nitrogen and oxygen atoms in total. The molecule has 1 aliphatic heterocycles. The zero-order valence-electron chi connectivity index (χ0n) is 17.3. The summed E-state index contributed by atoms with van der Waals surface area (Å²) in [5.74, 6) is -0.681. The number of nitrogens with one attached hydrogen (secondary N) is 2. The van der Waals surface area contributed by atoms with Gasteiger partial charge in [0.05, 0.1) is 0 Å². The standard InChI is InChI=1S/C22H28FN3O3/c1-20(2)14-9-10-21(20,3)16(11-14)24-17(27)12-26-18(28)22(4,25-19(26)29)13-5-7-15(23)8-6-13/h5-8,14,16H,9-12H2,1-4H3,(H,24,27)(H,25,29)/t14-,16+,21-,22+/m1/s1. The lowest BCUT2D eigenvalue weighted by molar-refractivity contribution is -0.135. The van der Waals surface area contributed by atoms with Crippen LogP contribution in [-0.4, -0.2) is 35.3 Å². The van der Waals surface area contributed by atoms with Crippen molar-refractivity contribution in [3.05, 3.63) is 35.6 Å². The Bertz CT molecular complexity index is 884. The van der Waals surface area contributed by atoms with Crippen LogP contribution in [0.15, 0.2) is 24.3 Å². The van der Waals surface area contributed by atoms with Gasteiger partial charge in [0.1, 0.15) is 17.9 Å². The van der Waals surface area contributed by atoms with Gasteiger partial charge >= 0.3 is 6.03 Å². The van der Waals surface area contributed by atoms with Crippen molar-refractivity contribution in [2.24, 2.45) is 16.7 Å². The monoisotopic (exact) mass is 401 g/mol. The second kappa shape index (κ2) is 6.28. The number of amides is 4. The first kappa shape index (κ1) is 19.9. The number of imide groups is 1. The second-order valence-electron chi connectivity index (χ2n) is 9.68. The van der Waals surface area contributed by atoms with Crippen molar-refractivity contribution in [2.75, 3.05) is 6.54 Å².